The molecule has 0 spiro atoms. The van der Waals surface area contributed by atoms with Gasteiger partial charge in [0.15, 0.2) is 5.82 Å². The summed E-state index contributed by atoms with van der Waals surface area (Å²) < 4.78 is 14.3. The van der Waals surface area contributed by atoms with Gasteiger partial charge in [-0.2, -0.15) is 5.10 Å². The van der Waals surface area contributed by atoms with Crippen LogP contribution >= 0.6 is 0 Å². The fraction of sp³-hybridized carbons (Fsp3) is 0.667. The van der Waals surface area contributed by atoms with E-state index in [1.54, 1.807) is 0 Å². The van der Waals surface area contributed by atoms with Gasteiger partial charge in [-0.15, -0.1) is 0 Å². The number of nitrogens with one attached hydrogen (secondary N) is 1. The van der Waals surface area contributed by atoms with Crippen molar-refractivity contribution in [2.45, 2.75) is 58.2 Å². The molecule has 2 aromatic rings. The van der Waals surface area contributed by atoms with Gasteiger partial charge in [0.2, 0.25) is 0 Å². The average Bonchev–Trinajstić information content (AvgIpc) is 3.30. The predicted molar refractivity (Wildman–Crippen MR) is 115 cm³/mol. The molecule has 2 aliphatic rings. The van der Waals surface area contributed by atoms with Gasteiger partial charge in [-0.1, -0.05) is 6.07 Å². The molecule has 0 radical (unpaired) electrons. The van der Waals surface area contributed by atoms with Crippen LogP contribution < -0.4 is 10.8 Å². The summed E-state index contributed by atoms with van der Waals surface area (Å²) in [6.07, 6.45) is 3.84. The molecule has 1 N–H and O–H groups in total. The van der Waals surface area contributed by atoms with Gasteiger partial charge < -0.3 is 19.5 Å². The first-order valence-electron chi connectivity index (χ1n) is 10.6. The Balaban J connectivity index is 1.45. The minimum absolute atomic E-state index is 0.332. The van der Waals surface area contributed by atoms with Crippen molar-refractivity contribution in [3.05, 3.63) is 18.2 Å². The lowest BCUT2D eigenvalue weighted by Crippen LogP contribution is -2.41. The van der Waals surface area contributed by atoms with E-state index in [1.807, 2.05) is 11.7 Å². The Labute approximate surface area is 168 Å². The van der Waals surface area contributed by atoms with Gasteiger partial charge in [0.25, 0.3) is 0 Å². The van der Waals surface area contributed by atoms with Gasteiger partial charge in [0, 0.05) is 19.0 Å². The number of likely N-dealkylation sites (tertiary alicyclic amines) is 1. The summed E-state index contributed by atoms with van der Waals surface area (Å²) >= 11 is 0. The predicted octanol–water partition coefficient (Wildman–Crippen LogP) is 2.77. The summed E-state index contributed by atoms with van der Waals surface area (Å²) in [7, 11) is 1.65. The van der Waals surface area contributed by atoms with Crippen LogP contribution in [0.3, 0.4) is 0 Å². The molecular weight excluding hydrogens is 351 g/mol. The summed E-state index contributed by atoms with van der Waals surface area (Å²) in [6.45, 7) is 13.0. The van der Waals surface area contributed by atoms with E-state index >= 15 is 0 Å². The Bertz CT molecular complexity index is 826. The summed E-state index contributed by atoms with van der Waals surface area (Å²) in [5.74, 6) is 0.958. The highest BCUT2D eigenvalue weighted by atomic mass is 16.7. The van der Waals surface area contributed by atoms with E-state index in [1.165, 1.54) is 32.5 Å². The molecule has 0 amide bonds. The zero-order chi connectivity index (χ0) is 19.9. The van der Waals surface area contributed by atoms with Crippen molar-refractivity contribution < 1.29 is 9.31 Å². The summed E-state index contributed by atoms with van der Waals surface area (Å²) in [4.78, 5) is 2.55. The van der Waals surface area contributed by atoms with Gasteiger partial charge >= 0.3 is 7.12 Å². The molecular formula is C21H33BN4O2. The Morgan fingerprint density at radius 3 is 2.46 bits per heavy atom. The largest absolute Gasteiger partial charge is 0.494 e. The molecule has 2 aliphatic heterocycles. The molecule has 7 heteroatoms. The second-order valence-electron chi connectivity index (χ2n) is 9.17. The van der Waals surface area contributed by atoms with Crippen molar-refractivity contribution in [2.24, 2.45) is 7.05 Å². The molecule has 4 rings (SSSR count). The van der Waals surface area contributed by atoms with Crippen molar-refractivity contribution in [3.63, 3.8) is 0 Å². The van der Waals surface area contributed by atoms with Gasteiger partial charge in [-0.3, -0.25) is 4.68 Å². The Morgan fingerprint density at radius 2 is 1.79 bits per heavy atom. The molecule has 1 aromatic carbocycles. The van der Waals surface area contributed by atoms with Crippen LogP contribution in [0.25, 0.3) is 10.9 Å². The van der Waals surface area contributed by atoms with E-state index in [9.17, 15) is 0 Å². The van der Waals surface area contributed by atoms with Crippen LogP contribution in [0.2, 0.25) is 0 Å². The van der Waals surface area contributed by atoms with E-state index in [4.69, 9.17) is 14.4 Å². The number of rotatable bonds is 6. The Hall–Kier alpha value is -1.57. The van der Waals surface area contributed by atoms with Crippen molar-refractivity contribution in [1.29, 1.82) is 0 Å². The Morgan fingerprint density at radius 1 is 1.11 bits per heavy atom. The first kappa shape index (κ1) is 19.7. The molecule has 0 unspecified atom stereocenters. The SMILES string of the molecule is Cn1nc(NCCCN2CCCC2)c2ccc(B3OC(C)(C)C(C)(C)O3)cc21. The maximum atomic E-state index is 6.20. The number of hydrogen-bond donors (Lipinski definition) is 1. The van der Waals surface area contributed by atoms with Crippen LogP contribution in [-0.4, -0.2) is 59.2 Å². The van der Waals surface area contributed by atoms with Crippen LogP contribution in [0.4, 0.5) is 5.82 Å². The number of benzene rings is 1. The third-order valence-corrected chi connectivity index (χ3v) is 6.54. The van der Waals surface area contributed by atoms with E-state index < -0.39 is 0 Å². The van der Waals surface area contributed by atoms with Crippen molar-refractivity contribution in [3.8, 4) is 0 Å². The van der Waals surface area contributed by atoms with Gasteiger partial charge in [-0.25, -0.2) is 0 Å². The van der Waals surface area contributed by atoms with Crippen molar-refractivity contribution >= 4 is 29.3 Å². The minimum atomic E-state index is -0.346. The molecule has 0 atom stereocenters. The zero-order valence-corrected chi connectivity index (χ0v) is 17.9. The lowest BCUT2D eigenvalue weighted by Gasteiger charge is -2.32. The van der Waals surface area contributed by atoms with Crippen molar-refractivity contribution in [2.75, 3.05) is 31.5 Å². The normalized spacial score (nSPS) is 21.7. The third-order valence-electron chi connectivity index (χ3n) is 6.54. The lowest BCUT2D eigenvalue weighted by molar-refractivity contribution is 0.00578. The first-order chi connectivity index (χ1) is 13.3. The number of aryl methyl sites for hydroxylation is 1. The number of nitrogens with zero attached hydrogens (tertiary/aromatic N) is 3. The maximum absolute atomic E-state index is 6.20. The molecule has 3 heterocycles. The van der Waals surface area contributed by atoms with Crippen molar-refractivity contribution in [1.82, 2.24) is 14.7 Å². The molecule has 0 saturated carbocycles. The molecule has 152 valence electrons. The molecule has 2 fully saturated rings. The van der Waals surface area contributed by atoms with Crippen LogP contribution in [0.15, 0.2) is 18.2 Å². The molecule has 6 nitrogen and oxygen atoms in total. The first-order valence-corrected chi connectivity index (χ1v) is 10.6. The number of hydrogen-bond acceptors (Lipinski definition) is 5. The standard InChI is InChI=1S/C21H33BN4O2/c1-20(2)21(3,4)28-22(27-20)16-9-10-17-18(15-16)25(5)24-19(17)23-11-8-14-26-12-6-7-13-26/h9-10,15H,6-8,11-14H2,1-5H3,(H,23,24). The minimum Gasteiger partial charge on any atom is -0.399 e. The molecule has 0 aliphatic carbocycles. The fourth-order valence-corrected chi connectivity index (χ4v) is 4.05. The summed E-state index contributed by atoms with van der Waals surface area (Å²) in [6, 6.07) is 6.37. The lowest BCUT2D eigenvalue weighted by atomic mass is 9.79. The monoisotopic (exact) mass is 384 g/mol. The molecule has 0 bridgehead atoms. The topological polar surface area (TPSA) is 51.6 Å². The zero-order valence-electron chi connectivity index (χ0n) is 17.9. The number of aromatic nitrogens is 2. The molecule has 1 aromatic heterocycles. The quantitative estimate of drug-likeness (QED) is 0.613. The highest BCUT2D eigenvalue weighted by Gasteiger charge is 2.51. The smallest absolute Gasteiger partial charge is 0.399 e. The second kappa shape index (κ2) is 7.36. The number of fused-ring (bicyclic) bond motifs is 1. The fourth-order valence-electron chi connectivity index (χ4n) is 4.05. The van der Waals surface area contributed by atoms with E-state index in [2.05, 4.69) is 56.1 Å². The van der Waals surface area contributed by atoms with E-state index in [0.29, 0.717) is 0 Å². The second-order valence-corrected chi connectivity index (χ2v) is 9.17. The summed E-state index contributed by atoms with van der Waals surface area (Å²) in [5, 5.41) is 9.36. The number of anilines is 1. The van der Waals surface area contributed by atoms with Gasteiger partial charge in [0.05, 0.1) is 16.7 Å². The Kier molecular flexibility index (Phi) is 5.19. The average molecular weight is 384 g/mol. The van der Waals surface area contributed by atoms with Crippen LogP contribution in [-0.2, 0) is 16.4 Å². The van der Waals surface area contributed by atoms with E-state index in [-0.39, 0.29) is 18.3 Å². The van der Waals surface area contributed by atoms with Crippen LogP contribution in [0.5, 0.6) is 0 Å². The van der Waals surface area contributed by atoms with Crippen LogP contribution in [0.1, 0.15) is 47.0 Å². The van der Waals surface area contributed by atoms with Crippen LogP contribution in [0, 0.1) is 0 Å². The van der Waals surface area contributed by atoms with Gasteiger partial charge in [-0.05, 0) is 84.2 Å². The highest BCUT2D eigenvalue weighted by molar-refractivity contribution is 6.62. The third kappa shape index (κ3) is 3.67. The highest BCUT2D eigenvalue weighted by Crippen LogP contribution is 2.36. The van der Waals surface area contributed by atoms with Gasteiger partial charge in [0.1, 0.15) is 0 Å². The molecule has 28 heavy (non-hydrogen) atoms. The maximum Gasteiger partial charge on any atom is 0.494 e. The summed E-state index contributed by atoms with van der Waals surface area (Å²) in [5.41, 5.74) is 1.46. The molecule has 2 saturated heterocycles. The van der Waals surface area contributed by atoms with E-state index in [0.717, 1.165) is 35.1 Å².